The minimum atomic E-state index is -0.432. The number of rotatable bonds is 2. The quantitative estimate of drug-likeness (QED) is 0.827. The number of aromatic nitrogens is 3. The van der Waals surface area contributed by atoms with E-state index < -0.39 is 11.7 Å². The van der Waals surface area contributed by atoms with Crippen molar-refractivity contribution >= 4 is 12.1 Å². The van der Waals surface area contributed by atoms with Gasteiger partial charge in [0.1, 0.15) is 5.60 Å². The van der Waals surface area contributed by atoms with Crippen LogP contribution in [-0.2, 0) is 4.74 Å². The highest BCUT2D eigenvalue weighted by molar-refractivity contribution is 5.88. The zero-order valence-electron chi connectivity index (χ0n) is 13.1. The van der Waals surface area contributed by atoms with Crippen LogP contribution >= 0.6 is 0 Å². The molecular weight excluding hydrogens is 310 g/mol. The molecule has 1 amide bonds. The van der Waals surface area contributed by atoms with Crippen LogP contribution in [0.4, 0.5) is 10.8 Å². The number of anilines is 1. The summed E-state index contributed by atoms with van der Waals surface area (Å²) >= 11 is 0. The lowest BCUT2D eigenvalue weighted by Gasteiger charge is -2.49. The summed E-state index contributed by atoms with van der Waals surface area (Å²) < 4.78 is 11.5. The number of amides is 1. The van der Waals surface area contributed by atoms with Gasteiger partial charge < -0.3 is 9.15 Å². The Balaban J connectivity index is 1.42. The summed E-state index contributed by atoms with van der Waals surface area (Å²) in [6.07, 6.45) is 5.07. The van der Waals surface area contributed by atoms with Gasteiger partial charge in [0, 0.05) is 30.4 Å². The maximum atomic E-state index is 12.4. The molecule has 8 nitrogen and oxygen atoms in total. The fourth-order valence-electron chi connectivity index (χ4n) is 4.09. The molecule has 124 valence electrons. The van der Waals surface area contributed by atoms with Crippen LogP contribution in [0.3, 0.4) is 0 Å². The second-order valence-electron chi connectivity index (χ2n) is 6.69. The van der Waals surface area contributed by atoms with Crippen LogP contribution in [0.15, 0.2) is 28.9 Å². The van der Waals surface area contributed by atoms with E-state index in [1.54, 1.807) is 24.5 Å². The van der Waals surface area contributed by atoms with Crippen molar-refractivity contribution in [3.8, 4) is 11.5 Å². The molecule has 2 aromatic rings. The molecule has 0 N–H and O–H groups in total. The number of fused-ring (bicyclic) bond motifs is 2. The van der Waals surface area contributed by atoms with E-state index in [1.807, 2.05) is 0 Å². The normalized spacial score (nSPS) is 31.7. The zero-order valence-corrected chi connectivity index (χ0v) is 13.1. The van der Waals surface area contributed by atoms with Crippen molar-refractivity contribution in [1.82, 2.24) is 20.1 Å². The van der Waals surface area contributed by atoms with E-state index in [-0.39, 0.29) is 6.01 Å². The van der Waals surface area contributed by atoms with Crippen LogP contribution in [0.25, 0.3) is 11.5 Å². The summed E-state index contributed by atoms with van der Waals surface area (Å²) in [5, 5.41) is 8.08. The molecule has 8 heteroatoms. The molecule has 4 aliphatic heterocycles. The van der Waals surface area contributed by atoms with Gasteiger partial charge >= 0.3 is 12.1 Å². The average molecular weight is 327 g/mol. The summed E-state index contributed by atoms with van der Waals surface area (Å²) in [6, 6.07) is 3.77. The SMILES string of the molecule is O=C1O[C@@]2(CN3CCC2CC3)CN1c1nnc(-c2ccncc2)o1. The Kier molecular flexibility index (Phi) is 2.90. The number of hydrogen-bond donors (Lipinski definition) is 0. The molecule has 6 rings (SSSR count). The van der Waals surface area contributed by atoms with E-state index in [0.717, 1.165) is 38.0 Å². The predicted octanol–water partition coefficient (Wildman–Crippen LogP) is 1.55. The Bertz CT molecular complexity index is 771. The van der Waals surface area contributed by atoms with Gasteiger partial charge in [-0.3, -0.25) is 9.88 Å². The van der Waals surface area contributed by atoms with Gasteiger partial charge in [0.05, 0.1) is 6.54 Å². The Morgan fingerprint density at radius 2 is 1.92 bits per heavy atom. The van der Waals surface area contributed by atoms with Crippen molar-refractivity contribution in [1.29, 1.82) is 0 Å². The molecule has 6 heterocycles. The first-order valence-corrected chi connectivity index (χ1v) is 8.20. The molecule has 0 aromatic carbocycles. The Labute approximate surface area is 138 Å². The van der Waals surface area contributed by atoms with Crippen molar-refractivity contribution in [2.45, 2.75) is 18.4 Å². The molecule has 0 radical (unpaired) electrons. The number of nitrogens with zero attached hydrogens (tertiary/aromatic N) is 5. The van der Waals surface area contributed by atoms with E-state index in [0.29, 0.717) is 18.4 Å². The Morgan fingerprint density at radius 3 is 2.62 bits per heavy atom. The first-order chi connectivity index (χ1) is 11.7. The number of carbonyl (C=O) groups excluding carboxylic acids is 1. The third-order valence-corrected chi connectivity index (χ3v) is 5.33. The van der Waals surface area contributed by atoms with E-state index in [1.165, 1.54) is 4.90 Å². The van der Waals surface area contributed by atoms with Crippen molar-refractivity contribution in [2.75, 3.05) is 31.1 Å². The maximum absolute atomic E-state index is 12.4. The molecule has 1 atom stereocenters. The topological polar surface area (TPSA) is 84.6 Å². The predicted molar refractivity (Wildman–Crippen MR) is 83.3 cm³/mol. The number of pyridine rings is 1. The fraction of sp³-hybridized carbons (Fsp3) is 0.500. The smallest absolute Gasteiger partial charge is 0.418 e. The fourth-order valence-corrected chi connectivity index (χ4v) is 4.09. The number of hydrogen-bond acceptors (Lipinski definition) is 7. The molecule has 1 spiro atoms. The highest BCUT2D eigenvalue weighted by Gasteiger charge is 2.56. The maximum Gasteiger partial charge on any atom is 0.418 e. The van der Waals surface area contributed by atoms with E-state index in [2.05, 4.69) is 20.1 Å². The highest BCUT2D eigenvalue weighted by atomic mass is 16.6. The Morgan fingerprint density at radius 1 is 1.12 bits per heavy atom. The molecule has 0 saturated carbocycles. The van der Waals surface area contributed by atoms with Gasteiger partial charge in [-0.2, -0.15) is 0 Å². The molecule has 0 unspecified atom stereocenters. The van der Waals surface area contributed by atoms with E-state index in [9.17, 15) is 4.79 Å². The third-order valence-electron chi connectivity index (χ3n) is 5.33. The molecular formula is C16H17N5O3. The van der Waals surface area contributed by atoms with Crippen molar-refractivity contribution < 1.29 is 13.9 Å². The summed E-state index contributed by atoms with van der Waals surface area (Å²) in [5.41, 5.74) is 0.340. The van der Waals surface area contributed by atoms with Gasteiger partial charge in [-0.15, -0.1) is 5.10 Å². The minimum Gasteiger partial charge on any atom is -0.439 e. The molecule has 2 aromatic heterocycles. The lowest BCUT2D eigenvalue weighted by atomic mass is 9.75. The van der Waals surface area contributed by atoms with E-state index in [4.69, 9.17) is 9.15 Å². The third kappa shape index (κ3) is 2.02. The average Bonchev–Trinajstić information content (AvgIpc) is 3.22. The molecule has 24 heavy (non-hydrogen) atoms. The monoisotopic (exact) mass is 327 g/mol. The van der Waals surface area contributed by atoms with Gasteiger partial charge in [-0.1, -0.05) is 5.10 Å². The highest BCUT2D eigenvalue weighted by Crippen LogP contribution is 2.43. The summed E-state index contributed by atoms with van der Waals surface area (Å²) in [7, 11) is 0. The van der Waals surface area contributed by atoms with Gasteiger partial charge in [0.25, 0.3) is 0 Å². The largest absolute Gasteiger partial charge is 0.439 e. The van der Waals surface area contributed by atoms with Crippen LogP contribution < -0.4 is 4.90 Å². The lowest BCUT2D eigenvalue weighted by molar-refractivity contribution is -0.0881. The number of piperidine rings is 3. The lowest BCUT2D eigenvalue weighted by Crippen LogP contribution is -2.61. The Hall–Kier alpha value is -2.48. The van der Waals surface area contributed by atoms with Crippen molar-refractivity contribution in [3.63, 3.8) is 0 Å². The van der Waals surface area contributed by atoms with Gasteiger partial charge in [0.2, 0.25) is 5.89 Å². The van der Waals surface area contributed by atoms with Crippen molar-refractivity contribution in [2.24, 2.45) is 5.92 Å². The minimum absolute atomic E-state index is 0.195. The molecule has 2 bridgehead atoms. The second-order valence-corrected chi connectivity index (χ2v) is 6.69. The zero-order chi connectivity index (χ0) is 16.1. The second kappa shape index (κ2) is 5.01. The standard InChI is InChI=1S/C16H17N5O3/c22-15-21(10-16(24-15)9-20-7-3-12(16)4-8-20)14-19-18-13(23-14)11-1-5-17-6-2-11/h1-2,5-6,12H,3-4,7-10H2/t16-/m0/s1. The molecule has 4 saturated heterocycles. The number of ether oxygens (including phenoxy) is 1. The first kappa shape index (κ1) is 13.9. The van der Waals surface area contributed by atoms with Crippen LogP contribution in [0.2, 0.25) is 0 Å². The van der Waals surface area contributed by atoms with Gasteiger partial charge in [-0.25, -0.2) is 9.69 Å². The summed E-state index contributed by atoms with van der Waals surface area (Å²) in [4.78, 5) is 20.2. The molecule has 4 aliphatic rings. The van der Waals surface area contributed by atoms with Crippen molar-refractivity contribution in [3.05, 3.63) is 24.5 Å². The molecule has 4 fully saturated rings. The van der Waals surface area contributed by atoms with Gasteiger partial charge in [0.15, 0.2) is 0 Å². The first-order valence-electron chi connectivity index (χ1n) is 8.20. The van der Waals surface area contributed by atoms with Crippen LogP contribution in [0, 0.1) is 5.92 Å². The summed E-state index contributed by atoms with van der Waals surface area (Å²) in [5.74, 6) is 0.786. The van der Waals surface area contributed by atoms with Crippen LogP contribution in [-0.4, -0.2) is 58.0 Å². The number of carbonyl (C=O) groups is 1. The summed E-state index contributed by atoms with van der Waals surface area (Å²) in [6.45, 7) is 3.46. The van der Waals surface area contributed by atoms with E-state index >= 15 is 0 Å². The molecule has 0 aliphatic carbocycles. The van der Waals surface area contributed by atoms with Gasteiger partial charge in [-0.05, 0) is 38.1 Å². The van der Waals surface area contributed by atoms with Crippen LogP contribution in [0.1, 0.15) is 12.8 Å². The van der Waals surface area contributed by atoms with Crippen LogP contribution in [0.5, 0.6) is 0 Å².